The summed E-state index contributed by atoms with van der Waals surface area (Å²) >= 11 is 0. The molecule has 3 amide bonds. The number of nitrogens with one attached hydrogen (secondary N) is 2. The fourth-order valence-corrected chi connectivity index (χ4v) is 3.20. The molecular weight excluding hydrogens is 362 g/mol. The van der Waals surface area contributed by atoms with E-state index in [2.05, 4.69) is 10.6 Å². The van der Waals surface area contributed by atoms with E-state index in [1.54, 1.807) is 41.3 Å². The minimum atomic E-state index is -0.185. The highest BCUT2D eigenvalue weighted by molar-refractivity contribution is 5.97. The Balaban J connectivity index is 1.29. The molecule has 0 unspecified atom stereocenters. The fraction of sp³-hybridized carbons (Fsp3) is 0.300. The number of hydrogen-bond acceptors (Lipinski definition) is 5. The van der Waals surface area contributed by atoms with Crippen molar-refractivity contribution in [3.8, 4) is 17.2 Å². The van der Waals surface area contributed by atoms with Crippen LogP contribution in [0.3, 0.4) is 0 Å². The van der Waals surface area contributed by atoms with Crippen LogP contribution in [0.1, 0.15) is 15.9 Å². The summed E-state index contributed by atoms with van der Waals surface area (Å²) in [5.41, 5.74) is 2.24. The molecule has 1 saturated heterocycles. The van der Waals surface area contributed by atoms with Gasteiger partial charge in [-0.1, -0.05) is 0 Å². The van der Waals surface area contributed by atoms with E-state index in [0.717, 1.165) is 11.3 Å². The van der Waals surface area contributed by atoms with Gasteiger partial charge in [-0.15, -0.1) is 0 Å². The Morgan fingerprint density at radius 1 is 1.21 bits per heavy atom. The van der Waals surface area contributed by atoms with E-state index in [1.807, 2.05) is 6.92 Å². The standard InChI is InChI=1S/C20H21N3O5/c1-13-10-14(2-4-16(13)23-8-6-22-20(23)25)19(24)21-7-9-26-15-3-5-17-18(11-15)28-12-27-17/h2-5,10-11H,6-9,12H2,1H3,(H,21,24)(H,22,25). The van der Waals surface area contributed by atoms with Crippen molar-refractivity contribution in [1.29, 1.82) is 0 Å². The highest BCUT2D eigenvalue weighted by Crippen LogP contribution is 2.35. The van der Waals surface area contributed by atoms with Crippen molar-refractivity contribution in [2.75, 3.05) is 37.9 Å². The van der Waals surface area contributed by atoms with E-state index >= 15 is 0 Å². The predicted octanol–water partition coefficient (Wildman–Crippen LogP) is 2.06. The molecule has 2 aliphatic heterocycles. The molecule has 0 spiro atoms. The van der Waals surface area contributed by atoms with Crippen LogP contribution in [0.2, 0.25) is 0 Å². The topological polar surface area (TPSA) is 89.1 Å². The normalized spacial score (nSPS) is 14.8. The SMILES string of the molecule is Cc1cc(C(=O)NCCOc2ccc3c(c2)OCO3)ccc1N1CCNC1=O. The molecule has 4 rings (SSSR count). The monoisotopic (exact) mass is 383 g/mol. The first-order valence-corrected chi connectivity index (χ1v) is 9.08. The zero-order chi connectivity index (χ0) is 19.5. The van der Waals surface area contributed by atoms with E-state index in [9.17, 15) is 9.59 Å². The van der Waals surface area contributed by atoms with Crippen LogP contribution in [-0.2, 0) is 0 Å². The van der Waals surface area contributed by atoms with Crippen LogP contribution >= 0.6 is 0 Å². The van der Waals surface area contributed by atoms with Gasteiger partial charge in [0.1, 0.15) is 12.4 Å². The van der Waals surface area contributed by atoms with Crippen LogP contribution in [0.5, 0.6) is 17.2 Å². The lowest BCUT2D eigenvalue weighted by Gasteiger charge is -2.17. The number of urea groups is 1. The van der Waals surface area contributed by atoms with E-state index in [0.29, 0.717) is 49.1 Å². The number of fused-ring (bicyclic) bond motifs is 1. The highest BCUT2D eigenvalue weighted by Gasteiger charge is 2.23. The maximum Gasteiger partial charge on any atom is 0.322 e. The Hall–Kier alpha value is -3.42. The average molecular weight is 383 g/mol. The van der Waals surface area contributed by atoms with Crippen molar-refractivity contribution >= 4 is 17.6 Å². The molecule has 0 atom stereocenters. The summed E-state index contributed by atoms with van der Waals surface area (Å²) in [6.07, 6.45) is 0. The molecule has 0 saturated carbocycles. The van der Waals surface area contributed by atoms with Crippen LogP contribution in [0.25, 0.3) is 0 Å². The van der Waals surface area contributed by atoms with Crippen LogP contribution in [0.15, 0.2) is 36.4 Å². The molecule has 146 valence electrons. The van der Waals surface area contributed by atoms with E-state index in [4.69, 9.17) is 14.2 Å². The molecule has 2 aliphatic rings. The van der Waals surface area contributed by atoms with Gasteiger partial charge in [0.15, 0.2) is 11.5 Å². The minimum absolute atomic E-state index is 0.110. The van der Waals surface area contributed by atoms with Crippen LogP contribution < -0.4 is 29.7 Å². The number of carbonyl (C=O) groups excluding carboxylic acids is 2. The number of nitrogens with zero attached hydrogens (tertiary/aromatic N) is 1. The van der Waals surface area contributed by atoms with Crippen molar-refractivity contribution in [1.82, 2.24) is 10.6 Å². The molecule has 2 N–H and O–H groups in total. The van der Waals surface area contributed by atoms with Crippen molar-refractivity contribution in [3.63, 3.8) is 0 Å². The molecule has 0 aliphatic carbocycles. The third-order valence-electron chi connectivity index (χ3n) is 4.61. The molecule has 2 aromatic rings. The van der Waals surface area contributed by atoms with Gasteiger partial charge in [-0.05, 0) is 42.8 Å². The quantitative estimate of drug-likeness (QED) is 0.746. The van der Waals surface area contributed by atoms with Crippen LogP contribution in [0, 0.1) is 6.92 Å². The molecule has 8 nitrogen and oxygen atoms in total. The van der Waals surface area contributed by atoms with Gasteiger partial charge in [0.25, 0.3) is 5.91 Å². The molecule has 2 aromatic carbocycles. The zero-order valence-corrected chi connectivity index (χ0v) is 15.5. The van der Waals surface area contributed by atoms with Gasteiger partial charge in [0.05, 0.1) is 6.54 Å². The summed E-state index contributed by atoms with van der Waals surface area (Å²) in [6, 6.07) is 10.6. The lowest BCUT2D eigenvalue weighted by atomic mass is 10.1. The van der Waals surface area contributed by atoms with E-state index in [-0.39, 0.29) is 18.7 Å². The van der Waals surface area contributed by atoms with Crippen molar-refractivity contribution in [2.45, 2.75) is 6.92 Å². The van der Waals surface area contributed by atoms with Gasteiger partial charge < -0.3 is 24.8 Å². The number of rotatable bonds is 6. The highest BCUT2D eigenvalue weighted by atomic mass is 16.7. The van der Waals surface area contributed by atoms with Crippen molar-refractivity contribution in [3.05, 3.63) is 47.5 Å². The summed E-state index contributed by atoms with van der Waals surface area (Å²) in [5, 5.41) is 5.61. The number of ether oxygens (including phenoxy) is 3. The van der Waals surface area contributed by atoms with Crippen molar-refractivity contribution in [2.24, 2.45) is 0 Å². The van der Waals surface area contributed by atoms with E-state index in [1.165, 1.54) is 0 Å². The average Bonchev–Trinajstić information content (AvgIpc) is 3.33. The van der Waals surface area contributed by atoms with Gasteiger partial charge in [0, 0.05) is 30.4 Å². The zero-order valence-electron chi connectivity index (χ0n) is 15.5. The molecule has 1 fully saturated rings. The second-order valence-corrected chi connectivity index (χ2v) is 6.50. The smallest absolute Gasteiger partial charge is 0.322 e. The maximum atomic E-state index is 12.4. The van der Waals surface area contributed by atoms with Crippen LogP contribution in [0.4, 0.5) is 10.5 Å². The Labute approximate surface area is 162 Å². The second-order valence-electron chi connectivity index (χ2n) is 6.50. The first-order chi connectivity index (χ1) is 13.6. The lowest BCUT2D eigenvalue weighted by molar-refractivity contribution is 0.0947. The van der Waals surface area contributed by atoms with Gasteiger partial charge in [-0.2, -0.15) is 0 Å². The summed E-state index contributed by atoms with van der Waals surface area (Å²) in [7, 11) is 0. The number of anilines is 1. The van der Waals surface area contributed by atoms with Gasteiger partial charge in [-0.3, -0.25) is 9.69 Å². The third kappa shape index (κ3) is 3.66. The largest absolute Gasteiger partial charge is 0.492 e. The van der Waals surface area contributed by atoms with Gasteiger partial charge in [-0.25, -0.2) is 4.79 Å². The Bertz CT molecular complexity index is 915. The molecule has 0 radical (unpaired) electrons. The first-order valence-electron chi connectivity index (χ1n) is 9.08. The Morgan fingerprint density at radius 2 is 2.07 bits per heavy atom. The molecule has 8 heteroatoms. The maximum absolute atomic E-state index is 12.4. The molecule has 0 aromatic heterocycles. The van der Waals surface area contributed by atoms with Gasteiger partial charge in [0.2, 0.25) is 6.79 Å². The Morgan fingerprint density at radius 3 is 2.86 bits per heavy atom. The molecule has 0 bridgehead atoms. The summed E-state index contributed by atoms with van der Waals surface area (Å²) < 4.78 is 16.2. The Kier molecular flexibility index (Phi) is 4.92. The fourth-order valence-electron chi connectivity index (χ4n) is 3.20. The van der Waals surface area contributed by atoms with Crippen LogP contribution in [-0.4, -0.2) is 45.0 Å². The molecular formula is C20H21N3O5. The number of benzene rings is 2. The predicted molar refractivity (Wildman–Crippen MR) is 102 cm³/mol. The number of aryl methyl sites for hydroxylation is 1. The molecule has 2 heterocycles. The minimum Gasteiger partial charge on any atom is -0.492 e. The second kappa shape index (κ2) is 7.67. The van der Waals surface area contributed by atoms with E-state index < -0.39 is 0 Å². The lowest BCUT2D eigenvalue weighted by Crippen LogP contribution is -2.29. The summed E-state index contributed by atoms with van der Waals surface area (Å²) in [5.74, 6) is 1.83. The number of amides is 3. The third-order valence-corrected chi connectivity index (χ3v) is 4.61. The number of carbonyl (C=O) groups is 2. The van der Waals surface area contributed by atoms with Crippen molar-refractivity contribution < 1.29 is 23.8 Å². The molecule has 28 heavy (non-hydrogen) atoms. The summed E-state index contributed by atoms with van der Waals surface area (Å²) in [6.45, 7) is 4.06. The van der Waals surface area contributed by atoms with Gasteiger partial charge >= 0.3 is 6.03 Å². The number of hydrogen-bond donors (Lipinski definition) is 2. The summed E-state index contributed by atoms with van der Waals surface area (Å²) in [4.78, 5) is 25.8. The first kappa shape index (κ1) is 18.0.